The quantitative estimate of drug-likeness (QED) is 0.301. The highest BCUT2D eigenvalue weighted by atomic mass is 35.5. The summed E-state index contributed by atoms with van der Waals surface area (Å²) in [6, 6.07) is 4.95. The van der Waals surface area contributed by atoms with Crippen LogP contribution in [0.1, 0.15) is 18.2 Å². The smallest absolute Gasteiger partial charge is 0.357 e. The number of fused-ring (bicyclic) bond motifs is 1. The van der Waals surface area contributed by atoms with Crippen molar-refractivity contribution in [2.24, 2.45) is 0 Å². The predicted molar refractivity (Wildman–Crippen MR) is 131 cm³/mol. The Bertz CT molecular complexity index is 1570. The summed E-state index contributed by atoms with van der Waals surface area (Å²) in [5.74, 6) is -0.674. The molecule has 0 atom stereocenters. The first-order chi connectivity index (χ1) is 17.5. The number of aryl methyl sites for hydroxylation is 1. The fourth-order valence-corrected chi connectivity index (χ4v) is 3.85. The van der Waals surface area contributed by atoms with Crippen LogP contribution in [0.25, 0.3) is 16.7 Å². The average molecular weight is 536 g/mol. The third-order valence-corrected chi connectivity index (χ3v) is 5.58. The van der Waals surface area contributed by atoms with Crippen molar-refractivity contribution in [3.63, 3.8) is 0 Å². The number of aromatic nitrogens is 4. The minimum absolute atomic E-state index is 0.0198. The van der Waals surface area contributed by atoms with Gasteiger partial charge in [-0.05, 0) is 36.8 Å². The molecule has 0 fully saturated rings. The summed E-state index contributed by atoms with van der Waals surface area (Å²) >= 11 is 6.26. The van der Waals surface area contributed by atoms with E-state index in [1.807, 2.05) is 0 Å². The first kappa shape index (κ1) is 25.8. The van der Waals surface area contributed by atoms with Gasteiger partial charge in [-0.25, -0.2) is 19.0 Å². The van der Waals surface area contributed by atoms with Crippen molar-refractivity contribution in [1.82, 2.24) is 19.5 Å². The Labute approximate surface area is 211 Å². The first-order valence-corrected chi connectivity index (χ1v) is 11.1. The van der Waals surface area contributed by atoms with E-state index in [1.165, 1.54) is 12.3 Å². The highest BCUT2D eigenvalue weighted by Crippen LogP contribution is 2.31. The lowest BCUT2D eigenvalue weighted by molar-refractivity contribution is -0.137. The van der Waals surface area contributed by atoms with Crippen molar-refractivity contribution in [3.8, 4) is 5.69 Å². The van der Waals surface area contributed by atoms with Crippen LogP contribution in [0.15, 0.2) is 47.4 Å². The number of benzene rings is 2. The summed E-state index contributed by atoms with van der Waals surface area (Å²) in [7, 11) is 1.61. The molecule has 4 aromatic rings. The Kier molecular flexibility index (Phi) is 6.99. The molecule has 0 aliphatic rings. The van der Waals surface area contributed by atoms with Gasteiger partial charge in [0, 0.05) is 24.6 Å². The maximum Gasteiger partial charge on any atom is 0.416 e. The molecule has 2 heterocycles. The zero-order valence-electron chi connectivity index (χ0n) is 19.2. The molecule has 0 aliphatic heterocycles. The Hall–Kier alpha value is -4.26. The molecule has 0 aliphatic carbocycles. The van der Waals surface area contributed by atoms with E-state index in [0.717, 1.165) is 34.9 Å². The van der Waals surface area contributed by atoms with E-state index in [4.69, 9.17) is 11.6 Å². The molecular weight excluding hydrogens is 518 g/mol. The molecule has 0 bridgehead atoms. The van der Waals surface area contributed by atoms with Crippen LogP contribution in [0.2, 0.25) is 5.02 Å². The van der Waals surface area contributed by atoms with Gasteiger partial charge in [0.25, 0.3) is 0 Å². The van der Waals surface area contributed by atoms with Gasteiger partial charge in [0.1, 0.15) is 5.82 Å². The summed E-state index contributed by atoms with van der Waals surface area (Å²) in [5.41, 5.74) is -1.65. The van der Waals surface area contributed by atoms with E-state index < -0.39 is 29.3 Å². The number of nitrogens with one attached hydrogen (secondary N) is 3. The van der Waals surface area contributed by atoms with E-state index in [1.54, 1.807) is 14.0 Å². The van der Waals surface area contributed by atoms with Crippen LogP contribution >= 0.6 is 11.6 Å². The molecule has 3 N–H and O–H groups in total. The molecule has 0 spiro atoms. The second-order valence-electron chi connectivity index (χ2n) is 7.65. The van der Waals surface area contributed by atoms with Crippen LogP contribution in [0.5, 0.6) is 0 Å². The van der Waals surface area contributed by atoms with Crippen molar-refractivity contribution in [2.75, 3.05) is 23.0 Å². The highest BCUT2D eigenvalue weighted by molar-refractivity contribution is 6.32. The molecule has 4 rings (SSSR count). The number of urea groups is 1. The Morgan fingerprint density at radius 2 is 1.89 bits per heavy atom. The number of hydrogen-bond acceptors (Lipinski definition) is 6. The van der Waals surface area contributed by atoms with Gasteiger partial charge in [0.05, 0.1) is 27.3 Å². The number of halogens is 5. The number of anilines is 3. The van der Waals surface area contributed by atoms with E-state index in [9.17, 15) is 27.2 Å². The second kappa shape index (κ2) is 10.0. The van der Waals surface area contributed by atoms with Gasteiger partial charge in [-0.2, -0.15) is 23.1 Å². The average Bonchev–Trinajstić information content (AvgIpc) is 2.84. The maximum atomic E-state index is 14.7. The topological polar surface area (TPSA) is 114 Å². The number of hydrogen-bond donors (Lipinski definition) is 3. The third-order valence-electron chi connectivity index (χ3n) is 5.27. The zero-order chi connectivity index (χ0) is 26.9. The molecule has 0 saturated heterocycles. The SMILES string of the molecule is CCc1c2cnc(NC)nc2nc(=O)n1-c1cc(NC(=O)Nc2cccc(C(F)(F)F)c2)c(F)cc1Cl. The molecule has 37 heavy (non-hydrogen) atoms. The van der Waals surface area contributed by atoms with Crippen molar-refractivity contribution >= 4 is 46.0 Å². The van der Waals surface area contributed by atoms with Gasteiger partial charge in [-0.3, -0.25) is 4.57 Å². The van der Waals surface area contributed by atoms with Gasteiger partial charge < -0.3 is 16.0 Å². The fourth-order valence-electron chi connectivity index (χ4n) is 3.62. The van der Waals surface area contributed by atoms with Crippen LogP contribution in [0.3, 0.4) is 0 Å². The maximum absolute atomic E-state index is 14.7. The number of carbonyl (C=O) groups excluding carboxylic acids is 1. The van der Waals surface area contributed by atoms with Crippen LogP contribution in [-0.4, -0.2) is 32.6 Å². The standard InChI is InChI=1S/C23H18ClF4N7O2/c1-3-17-13-10-30-20(29-2)33-19(13)34-22(37)35(17)18-9-16(15(25)8-14(18)24)32-21(36)31-12-6-4-5-11(7-12)23(26,27)28/h4-10H,3H2,1-2H3,(H2,31,32,36)(H,29,33,34,37). The molecule has 2 aromatic heterocycles. The zero-order valence-corrected chi connectivity index (χ0v) is 20.0. The minimum atomic E-state index is -4.61. The molecule has 0 radical (unpaired) electrons. The molecule has 192 valence electrons. The number of amides is 2. The third kappa shape index (κ3) is 5.31. The Morgan fingerprint density at radius 1 is 1.14 bits per heavy atom. The molecule has 9 nitrogen and oxygen atoms in total. The van der Waals surface area contributed by atoms with Gasteiger partial charge in [0.15, 0.2) is 5.65 Å². The lowest BCUT2D eigenvalue weighted by Crippen LogP contribution is -2.26. The summed E-state index contributed by atoms with van der Waals surface area (Å²) in [4.78, 5) is 37.7. The Balaban J connectivity index is 1.72. The molecular formula is C23H18ClF4N7O2. The Morgan fingerprint density at radius 3 is 2.57 bits per heavy atom. The summed E-state index contributed by atoms with van der Waals surface area (Å²) in [6.45, 7) is 1.77. The van der Waals surface area contributed by atoms with Crippen molar-refractivity contribution in [1.29, 1.82) is 0 Å². The summed E-state index contributed by atoms with van der Waals surface area (Å²) < 4.78 is 54.7. The summed E-state index contributed by atoms with van der Waals surface area (Å²) in [6.07, 6.45) is -2.80. The van der Waals surface area contributed by atoms with Crippen molar-refractivity contribution < 1.29 is 22.4 Å². The van der Waals surface area contributed by atoms with E-state index in [-0.39, 0.29) is 33.7 Å². The van der Waals surface area contributed by atoms with Crippen molar-refractivity contribution in [2.45, 2.75) is 19.5 Å². The van der Waals surface area contributed by atoms with Crippen LogP contribution in [0.4, 0.5) is 39.7 Å². The van der Waals surface area contributed by atoms with E-state index >= 15 is 0 Å². The molecule has 2 aromatic carbocycles. The van der Waals surface area contributed by atoms with Crippen LogP contribution < -0.4 is 21.6 Å². The van der Waals surface area contributed by atoms with Crippen LogP contribution in [-0.2, 0) is 12.6 Å². The lowest BCUT2D eigenvalue weighted by Gasteiger charge is -2.17. The van der Waals surface area contributed by atoms with Gasteiger partial charge in [-0.1, -0.05) is 24.6 Å². The molecule has 2 amide bonds. The molecule has 14 heteroatoms. The normalized spacial score (nSPS) is 11.4. The summed E-state index contributed by atoms with van der Waals surface area (Å²) in [5, 5.41) is 7.52. The number of carbonyl (C=O) groups is 1. The van der Waals surface area contributed by atoms with Crippen molar-refractivity contribution in [3.05, 3.63) is 75.2 Å². The number of rotatable bonds is 5. The number of alkyl halides is 3. The van der Waals surface area contributed by atoms with E-state index in [0.29, 0.717) is 17.5 Å². The molecule has 0 saturated carbocycles. The second-order valence-corrected chi connectivity index (χ2v) is 8.06. The fraction of sp³-hybridized carbons (Fsp3) is 0.174. The molecule has 0 unspecified atom stereocenters. The van der Waals surface area contributed by atoms with Gasteiger partial charge in [-0.15, -0.1) is 0 Å². The lowest BCUT2D eigenvalue weighted by atomic mass is 10.2. The largest absolute Gasteiger partial charge is 0.416 e. The monoisotopic (exact) mass is 535 g/mol. The predicted octanol–water partition coefficient (Wildman–Crippen LogP) is 5.24. The van der Waals surface area contributed by atoms with E-state index in [2.05, 4.69) is 30.9 Å². The number of nitrogens with zero attached hydrogens (tertiary/aromatic N) is 4. The van der Waals surface area contributed by atoms with Gasteiger partial charge >= 0.3 is 17.9 Å². The first-order valence-electron chi connectivity index (χ1n) is 10.7. The van der Waals surface area contributed by atoms with Gasteiger partial charge in [0.2, 0.25) is 5.95 Å². The minimum Gasteiger partial charge on any atom is -0.357 e. The highest BCUT2D eigenvalue weighted by Gasteiger charge is 2.30. The van der Waals surface area contributed by atoms with Crippen LogP contribution in [0, 0.1) is 5.82 Å².